The van der Waals surface area contributed by atoms with Crippen molar-refractivity contribution in [3.63, 3.8) is 0 Å². The zero-order chi connectivity index (χ0) is 14.0. The lowest BCUT2D eigenvalue weighted by atomic mass is 10.1. The third-order valence-electron chi connectivity index (χ3n) is 2.60. The summed E-state index contributed by atoms with van der Waals surface area (Å²) in [7, 11) is 0. The Morgan fingerprint density at radius 1 is 1.44 bits per heavy atom. The van der Waals surface area contributed by atoms with Gasteiger partial charge in [0.1, 0.15) is 6.04 Å². The summed E-state index contributed by atoms with van der Waals surface area (Å²) in [4.78, 5) is 24.2. The molecule has 0 unspecified atom stereocenters. The van der Waals surface area contributed by atoms with E-state index in [1.807, 2.05) is 13.0 Å². The minimum atomic E-state index is -1.02. The zero-order valence-corrected chi connectivity index (χ0v) is 11.0. The van der Waals surface area contributed by atoms with E-state index in [0.717, 1.165) is 12.8 Å². The molecule has 0 rings (SSSR count). The molecule has 0 saturated heterocycles. The van der Waals surface area contributed by atoms with Gasteiger partial charge in [-0.15, -0.1) is 0 Å². The molecule has 0 radical (unpaired) electrons. The van der Waals surface area contributed by atoms with Crippen LogP contribution in [0.5, 0.6) is 0 Å². The number of carboxylic acids is 1. The molecule has 0 fully saturated rings. The first-order valence-electron chi connectivity index (χ1n) is 6.21. The van der Waals surface area contributed by atoms with Gasteiger partial charge < -0.3 is 15.3 Å². The third-order valence-corrected chi connectivity index (χ3v) is 2.60. The molecule has 102 valence electrons. The Kier molecular flexibility index (Phi) is 8.37. The second-order valence-corrected chi connectivity index (χ2v) is 3.97. The van der Waals surface area contributed by atoms with E-state index in [2.05, 4.69) is 5.32 Å². The molecule has 0 aromatic carbocycles. The third kappa shape index (κ3) is 6.09. The smallest absolute Gasteiger partial charge is 0.326 e. The van der Waals surface area contributed by atoms with Crippen molar-refractivity contribution in [1.29, 1.82) is 5.26 Å². The molecule has 6 nitrogen and oxygen atoms in total. The van der Waals surface area contributed by atoms with Crippen molar-refractivity contribution in [2.45, 2.75) is 45.6 Å². The van der Waals surface area contributed by atoms with Gasteiger partial charge in [0.15, 0.2) is 0 Å². The first kappa shape index (κ1) is 16.2. The van der Waals surface area contributed by atoms with E-state index in [1.165, 1.54) is 4.90 Å². The molecule has 1 atom stereocenters. The summed E-state index contributed by atoms with van der Waals surface area (Å²) < 4.78 is 0. The molecule has 0 saturated carbocycles. The van der Waals surface area contributed by atoms with Crippen molar-refractivity contribution < 1.29 is 14.7 Å². The summed E-state index contributed by atoms with van der Waals surface area (Å²) in [5, 5.41) is 20.0. The van der Waals surface area contributed by atoms with E-state index in [0.29, 0.717) is 19.5 Å². The Morgan fingerprint density at radius 3 is 2.56 bits per heavy atom. The molecule has 18 heavy (non-hydrogen) atoms. The molecule has 0 aromatic rings. The first-order valence-corrected chi connectivity index (χ1v) is 6.21. The second kappa shape index (κ2) is 9.28. The zero-order valence-electron chi connectivity index (χ0n) is 11.0. The highest BCUT2D eigenvalue weighted by molar-refractivity contribution is 5.82. The molecule has 0 spiro atoms. The van der Waals surface area contributed by atoms with Gasteiger partial charge >= 0.3 is 12.0 Å². The number of amides is 2. The summed E-state index contributed by atoms with van der Waals surface area (Å²) in [6.07, 6.45) is 2.30. The number of unbranched alkanes of at least 4 members (excludes halogenated alkanes) is 1. The highest BCUT2D eigenvalue weighted by Gasteiger charge is 2.21. The predicted molar refractivity (Wildman–Crippen MR) is 67.0 cm³/mol. The summed E-state index contributed by atoms with van der Waals surface area (Å²) in [5.74, 6) is -1.02. The summed E-state index contributed by atoms with van der Waals surface area (Å²) in [6, 6.07) is 0.686. The number of aliphatic carboxylic acids is 1. The highest BCUT2D eigenvalue weighted by Crippen LogP contribution is 2.02. The largest absolute Gasteiger partial charge is 0.480 e. The van der Waals surface area contributed by atoms with Crippen LogP contribution in [0.1, 0.15) is 39.5 Å². The Balaban J connectivity index is 4.37. The number of nitriles is 1. The monoisotopic (exact) mass is 255 g/mol. The number of rotatable bonds is 8. The van der Waals surface area contributed by atoms with E-state index >= 15 is 0 Å². The number of nitrogens with zero attached hydrogens (tertiary/aromatic N) is 2. The molecule has 2 N–H and O–H groups in total. The maximum atomic E-state index is 11.8. The van der Waals surface area contributed by atoms with Crippen LogP contribution in [0.25, 0.3) is 0 Å². The molecule has 0 bridgehead atoms. The number of hydrogen-bond donors (Lipinski definition) is 2. The fourth-order valence-electron chi connectivity index (χ4n) is 1.49. The quantitative estimate of drug-likeness (QED) is 0.688. The van der Waals surface area contributed by atoms with Crippen molar-refractivity contribution in [1.82, 2.24) is 10.2 Å². The lowest BCUT2D eigenvalue weighted by Crippen LogP contribution is -2.48. The van der Waals surface area contributed by atoms with Gasteiger partial charge in [-0.25, -0.2) is 9.59 Å². The lowest BCUT2D eigenvalue weighted by molar-refractivity contribution is -0.139. The molecule has 0 aliphatic carbocycles. The number of carboxylic acid groups (broad SMARTS) is 1. The summed E-state index contributed by atoms with van der Waals surface area (Å²) in [5.41, 5.74) is 0. The minimum absolute atomic E-state index is 0.244. The fraction of sp³-hybridized carbons (Fsp3) is 0.750. The second-order valence-electron chi connectivity index (χ2n) is 3.97. The summed E-state index contributed by atoms with van der Waals surface area (Å²) in [6.45, 7) is 4.53. The van der Waals surface area contributed by atoms with Crippen LogP contribution in [0.3, 0.4) is 0 Å². The normalized spacial score (nSPS) is 11.4. The van der Waals surface area contributed by atoms with Crippen LogP contribution in [-0.4, -0.2) is 41.1 Å². The van der Waals surface area contributed by atoms with E-state index in [4.69, 9.17) is 10.4 Å². The van der Waals surface area contributed by atoms with Crippen LogP contribution in [0.4, 0.5) is 4.79 Å². The fourth-order valence-corrected chi connectivity index (χ4v) is 1.49. The first-order chi connectivity index (χ1) is 8.56. The maximum absolute atomic E-state index is 11.8. The van der Waals surface area contributed by atoms with Crippen molar-refractivity contribution >= 4 is 12.0 Å². The molecule has 0 aliphatic rings. The van der Waals surface area contributed by atoms with E-state index in [1.54, 1.807) is 6.92 Å². The Bertz CT molecular complexity index is 312. The van der Waals surface area contributed by atoms with Gasteiger partial charge in [0, 0.05) is 13.1 Å². The van der Waals surface area contributed by atoms with Crippen molar-refractivity contribution in [3.05, 3.63) is 0 Å². The van der Waals surface area contributed by atoms with E-state index in [9.17, 15) is 9.59 Å². The number of nitrogens with one attached hydrogen (secondary N) is 1. The van der Waals surface area contributed by atoms with Crippen LogP contribution < -0.4 is 5.32 Å². The molecular formula is C12H21N3O3. The van der Waals surface area contributed by atoms with Gasteiger partial charge in [-0.05, 0) is 13.3 Å². The minimum Gasteiger partial charge on any atom is -0.480 e. The van der Waals surface area contributed by atoms with Crippen LogP contribution in [0.2, 0.25) is 0 Å². The average Bonchev–Trinajstić information content (AvgIpc) is 2.34. The van der Waals surface area contributed by atoms with Gasteiger partial charge in [-0.2, -0.15) is 5.26 Å². The lowest BCUT2D eigenvalue weighted by Gasteiger charge is -2.23. The molecule has 0 heterocycles. The Morgan fingerprint density at radius 2 is 2.11 bits per heavy atom. The molecule has 6 heteroatoms. The topological polar surface area (TPSA) is 93.4 Å². The number of carbonyl (C=O) groups is 2. The highest BCUT2D eigenvalue weighted by atomic mass is 16.4. The van der Waals surface area contributed by atoms with Gasteiger partial charge in [0.05, 0.1) is 12.5 Å². The van der Waals surface area contributed by atoms with Gasteiger partial charge in [-0.3, -0.25) is 0 Å². The van der Waals surface area contributed by atoms with Gasteiger partial charge in [0.25, 0.3) is 0 Å². The predicted octanol–water partition coefficient (Wildman–Crippen LogP) is 1.57. The van der Waals surface area contributed by atoms with Crippen molar-refractivity contribution in [2.24, 2.45) is 0 Å². The maximum Gasteiger partial charge on any atom is 0.326 e. The number of hydrogen-bond acceptors (Lipinski definition) is 3. The van der Waals surface area contributed by atoms with Crippen LogP contribution in [0.15, 0.2) is 0 Å². The molecule has 0 aromatic heterocycles. The molecule has 0 aliphatic heterocycles. The van der Waals surface area contributed by atoms with Crippen LogP contribution in [-0.2, 0) is 4.79 Å². The average molecular weight is 255 g/mol. The van der Waals surface area contributed by atoms with Crippen molar-refractivity contribution in [3.8, 4) is 6.07 Å². The Labute approximate surface area is 108 Å². The van der Waals surface area contributed by atoms with Gasteiger partial charge in [-0.1, -0.05) is 19.8 Å². The Hall–Kier alpha value is -1.77. The number of urea groups is 1. The van der Waals surface area contributed by atoms with E-state index < -0.39 is 18.0 Å². The molecular weight excluding hydrogens is 234 g/mol. The van der Waals surface area contributed by atoms with Crippen LogP contribution >= 0.6 is 0 Å². The summed E-state index contributed by atoms with van der Waals surface area (Å²) >= 11 is 0. The SMILES string of the molecule is CCCC[C@H](NC(=O)N(CC)CCC#N)C(=O)O. The van der Waals surface area contributed by atoms with Gasteiger partial charge in [0.2, 0.25) is 0 Å². The van der Waals surface area contributed by atoms with Crippen molar-refractivity contribution in [2.75, 3.05) is 13.1 Å². The molecule has 2 amide bonds. The standard InChI is InChI=1S/C12H21N3O3/c1-3-5-7-10(11(16)17)14-12(18)15(4-2)9-6-8-13/h10H,3-7,9H2,1-2H3,(H,14,18)(H,16,17)/t10-/m0/s1. The van der Waals surface area contributed by atoms with E-state index in [-0.39, 0.29) is 6.42 Å². The van der Waals surface area contributed by atoms with Crippen LogP contribution in [0, 0.1) is 11.3 Å². The number of carbonyl (C=O) groups excluding carboxylic acids is 1.